The Morgan fingerprint density at radius 1 is 1.33 bits per heavy atom. The van der Waals surface area contributed by atoms with Crippen LogP contribution in [-0.2, 0) is 13.2 Å². The Kier molecular flexibility index (Phi) is 5.82. The fourth-order valence-corrected chi connectivity index (χ4v) is 2.31. The van der Waals surface area contributed by atoms with E-state index in [-0.39, 0.29) is 12.4 Å². The molecule has 21 heavy (non-hydrogen) atoms. The Morgan fingerprint density at radius 3 is 2.86 bits per heavy atom. The van der Waals surface area contributed by atoms with Crippen LogP contribution < -0.4 is 10.1 Å². The normalized spacial score (nSPS) is 10.9. The molecule has 1 aromatic heterocycles. The van der Waals surface area contributed by atoms with Gasteiger partial charge in [-0.05, 0) is 44.2 Å². The molecular weight excluding hydrogens is 337 g/mol. The molecule has 0 atom stereocenters. The number of nitrogens with one attached hydrogen (secondary N) is 1. The first-order chi connectivity index (χ1) is 10.1. The molecule has 0 bridgehead atoms. The lowest BCUT2D eigenvalue weighted by molar-refractivity contribution is 0.256. The van der Waals surface area contributed by atoms with Crippen molar-refractivity contribution in [2.75, 3.05) is 6.54 Å². The Morgan fingerprint density at radius 2 is 2.14 bits per heavy atom. The fraction of sp³-hybridized carbons (Fsp3) is 0.375. The lowest BCUT2D eigenvalue weighted by atomic mass is 10.2. The molecule has 0 aliphatic heterocycles. The Labute approximate surface area is 132 Å². The fourth-order valence-electron chi connectivity index (χ4n) is 1.98. The highest BCUT2D eigenvalue weighted by atomic mass is 79.9. The van der Waals surface area contributed by atoms with Gasteiger partial charge in [-0.15, -0.1) is 0 Å². The molecule has 114 valence electrons. The second-order valence-corrected chi connectivity index (χ2v) is 5.75. The monoisotopic (exact) mass is 355 g/mol. The maximum Gasteiger partial charge on any atom is 0.166 e. The summed E-state index contributed by atoms with van der Waals surface area (Å²) in [6.07, 6.45) is 1.09. The van der Waals surface area contributed by atoms with Crippen LogP contribution in [0.25, 0.3) is 0 Å². The van der Waals surface area contributed by atoms with Gasteiger partial charge in [0, 0.05) is 16.6 Å². The molecular formula is C16H19BrFNO2. The van der Waals surface area contributed by atoms with Crippen LogP contribution in [0.15, 0.2) is 33.2 Å². The zero-order valence-corrected chi connectivity index (χ0v) is 13.8. The van der Waals surface area contributed by atoms with Gasteiger partial charge in [0.2, 0.25) is 0 Å². The summed E-state index contributed by atoms with van der Waals surface area (Å²) in [7, 11) is 0. The SMILES string of the molecule is CCCNCc1cc(COc2ccc(Br)cc2F)oc1C. The van der Waals surface area contributed by atoms with Crippen molar-refractivity contribution >= 4 is 15.9 Å². The zero-order chi connectivity index (χ0) is 15.2. The average Bonchev–Trinajstić information content (AvgIpc) is 2.79. The average molecular weight is 356 g/mol. The van der Waals surface area contributed by atoms with Crippen molar-refractivity contribution in [3.8, 4) is 5.75 Å². The van der Waals surface area contributed by atoms with E-state index in [1.807, 2.05) is 13.0 Å². The summed E-state index contributed by atoms with van der Waals surface area (Å²) in [6.45, 7) is 6.01. The molecule has 1 N–H and O–H groups in total. The van der Waals surface area contributed by atoms with Gasteiger partial charge in [-0.25, -0.2) is 4.39 Å². The standard InChI is InChI=1S/C16H19BrFNO2/c1-3-6-19-9-12-7-14(21-11(12)2)10-20-16-5-4-13(17)8-15(16)18/h4-5,7-8,19H,3,6,9-10H2,1-2H3. The Bertz CT molecular complexity index is 598. The maximum absolute atomic E-state index is 13.6. The van der Waals surface area contributed by atoms with E-state index < -0.39 is 5.82 Å². The molecule has 0 amide bonds. The summed E-state index contributed by atoms with van der Waals surface area (Å²) in [6, 6.07) is 6.67. The summed E-state index contributed by atoms with van der Waals surface area (Å²) in [4.78, 5) is 0. The molecule has 0 saturated carbocycles. The first-order valence-electron chi connectivity index (χ1n) is 6.97. The Balaban J connectivity index is 1.95. The highest BCUT2D eigenvalue weighted by Gasteiger charge is 2.09. The number of aryl methyl sites for hydroxylation is 1. The third-order valence-corrected chi connectivity index (χ3v) is 3.57. The molecule has 5 heteroatoms. The van der Waals surface area contributed by atoms with Crippen molar-refractivity contribution in [3.63, 3.8) is 0 Å². The van der Waals surface area contributed by atoms with Gasteiger partial charge in [0.1, 0.15) is 18.1 Å². The molecule has 0 fully saturated rings. The Hall–Kier alpha value is -1.33. The van der Waals surface area contributed by atoms with E-state index in [4.69, 9.17) is 9.15 Å². The minimum Gasteiger partial charge on any atom is -0.483 e. The summed E-state index contributed by atoms with van der Waals surface area (Å²) >= 11 is 3.21. The molecule has 0 unspecified atom stereocenters. The summed E-state index contributed by atoms with van der Waals surface area (Å²) in [5.41, 5.74) is 1.11. The number of benzene rings is 1. The van der Waals surface area contributed by atoms with Gasteiger partial charge in [-0.1, -0.05) is 22.9 Å². The third kappa shape index (κ3) is 4.58. The van der Waals surface area contributed by atoms with Crippen molar-refractivity contribution in [3.05, 3.63) is 51.6 Å². The molecule has 0 radical (unpaired) electrons. The van der Waals surface area contributed by atoms with Crippen LogP contribution in [0.4, 0.5) is 4.39 Å². The van der Waals surface area contributed by atoms with Crippen molar-refractivity contribution in [1.29, 1.82) is 0 Å². The van der Waals surface area contributed by atoms with Crippen LogP contribution in [0.3, 0.4) is 0 Å². The van der Waals surface area contributed by atoms with E-state index in [0.29, 0.717) is 10.2 Å². The third-order valence-electron chi connectivity index (χ3n) is 3.08. The van der Waals surface area contributed by atoms with E-state index in [9.17, 15) is 4.39 Å². The number of ether oxygens (including phenoxy) is 1. The molecule has 2 rings (SSSR count). The van der Waals surface area contributed by atoms with E-state index in [2.05, 4.69) is 28.2 Å². The molecule has 0 aliphatic carbocycles. The van der Waals surface area contributed by atoms with E-state index in [1.165, 1.54) is 6.07 Å². The van der Waals surface area contributed by atoms with E-state index >= 15 is 0 Å². The molecule has 3 nitrogen and oxygen atoms in total. The highest BCUT2D eigenvalue weighted by Crippen LogP contribution is 2.23. The van der Waals surface area contributed by atoms with Crippen LogP contribution >= 0.6 is 15.9 Å². The number of furan rings is 1. The first-order valence-corrected chi connectivity index (χ1v) is 7.76. The van der Waals surface area contributed by atoms with Crippen molar-refractivity contribution in [2.45, 2.75) is 33.4 Å². The predicted molar refractivity (Wildman–Crippen MR) is 83.9 cm³/mol. The summed E-state index contributed by atoms with van der Waals surface area (Å²) < 4.78 is 25.4. The second kappa shape index (κ2) is 7.61. The van der Waals surface area contributed by atoms with Gasteiger partial charge < -0.3 is 14.5 Å². The molecule has 2 aromatic rings. The number of halogens is 2. The molecule has 1 heterocycles. The van der Waals surface area contributed by atoms with Gasteiger partial charge in [-0.3, -0.25) is 0 Å². The zero-order valence-electron chi connectivity index (χ0n) is 12.2. The predicted octanol–water partition coefficient (Wildman–Crippen LogP) is 4.57. The molecule has 0 aliphatic rings. The quantitative estimate of drug-likeness (QED) is 0.738. The van der Waals surface area contributed by atoms with Crippen LogP contribution in [0.1, 0.15) is 30.4 Å². The minimum atomic E-state index is -0.391. The van der Waals surface area contributed by atoms with E-state index in [0.717, 1.165) is 30.8 Å². The molecule has 1 aromatic carbocycles. The summed E-state index contributed by atoms with van der Waals surface area (Å²) in [5, 5.41) is 3.33. The largest absolute Gasteiger partial charge is 0.483 e. The minimum absolute atomic E-state index is 0.215. The van der Waals surface area contributed by atoms with Crippen molar-refractivity contribution in [1.82, 2.24) is 5.32 Å². The van der Waals surface area contributed by atoms with Crippen LogP contribution in [0.2, 0.25) is 0 Å². The van der Waals surface area contributed by atoms with Crippen LogP contribution in [0.5, 0.6) is 5.75 Å². The van der Waals surface area contributed by atoms with Gasteiger partial charge in [0.25, 0.3) is 0 Å². The first kappa shape index (κ1) is 16.0. The van der Waals surface area contributed by atoms with Gasteiger partial charge in [-0.2, -0.15) is 0 Å². The topological polar surface area (TPSA) is 34.4 Å². The van der Waals surface area contributed by atoms with E-state index in [1.54, 1.807) is 12.1 Å². The lowest BCUT2D eigenvalue weighted by Gasteiger charge is -2.05. The smallest absolute Gasteiger partial charge is 0.166 e. The second-order valence-electron chi connectivity index (χ2n) is 4.83. The van der Waals surface area contributed by atoms with Crippen LogP contribution in [0, 0.1) is 12.7 Å². The number of hydrogen-bond acceptors (Lipinski definition) is 3. The van der Waals surface area contributed by atoms with Gasteiger partial charge in [0.15, 0.2) is 11.6 Å². The maximum atomic E-state index is 13.6. The van der Waals surface area contributed by atoms with Crippen molar-refractivity contribution in [2.24, 2.45) is 0 Å². The van der Waals surface area contributed by atoms with Gasteiger partial charge >= 0.3 is 0 Å². The molecule has 0 saturated heterocycles. The number of rotatable bonds is 7. The number of hydrogen-bond donors (Lipinski definition) is 1. The molecule has 0 spiro atoms. The van der Waals surface area contributed by atoms with Crippen molar-refractivity contribution < 1.29 is 13.5 Å². The summed E-state index contributed by atoms with van der Waals surface area (Å²) in [5.74, 6) is 1.40. The highest BCUT2D eigenvalue weighted by molar-refractivity contribution is 9.10. The lowest BCUT2D eigenvalue weighted by Crippen LogP contribution is -2.13. The van der Waals surface area contributed by atoms with Crippen LogP contribution in [-0.4, -0.2) is 6.54 Å². The van der Waals surface area contributed by atoms with Gasteiger partial charge in [0.05, 0.1) is 0 Å².